The average molecular weight is 255 g/mol. The molecule has 0 spiro atoms. The van der Waals surface area contributed by atoms with Gasteiger partial charge in [0.2, 0.25) is 0 Å². The van der Waals surface area contributed by atoms with Crippen LogP contribution in [0.5, 0.6) is 0 Å². The summed E-state index contributed by atoms with van der Waals surface area (Å²) in [5, 5.41) is 11.2. The van der Waals surface area contributed by atoms with Crippen molar-refractivity contribution in [3.05, 3.63) is 34.9 Å². The highest BCUT2D eigenvalue weighted by Crippen LogP contribution is 2.22. The molecule has 1 aliphatic rings. The maximum atomic E-state index is 12.1. The van der Waals surface area contributed by atoms with Gasteiger partial charge in [-0.3, -0.25) is 4.79 Å². The van der Waals surface area contributed by atoms with Gasteiger partial charge in [-0.25, -0.2) is 8.78 Å². The maximum absolute atomic E-state index is 12.1. The van der Waals surface area contributed by atoms with Crippen LogP contribution in [0.15, 0.2) is 18.2 Å². The van der Waals surface area contributed by atoms with E-state index in [4.69, 9.17) is 5.11 Å². The summed E-state index contributed by atoms with van der Waals surface area (Å²) in [5.41, 5.74) is 2.85. The summed E-state index contributed by atoms with van der Waals surface area (Å²) >= 11 is 0. The van der Waals surface area contributed by atoms with Crippen molar-refractivity contribution in [3.63, 3.8) is 0 Å². The van der Waals surface area contributed by atoms with Gasteiger partial charge in [0.1, 0.15) is 6.10 Å². The van der Waals surface area contributed by atoms with Crippen LogP contribution in [0, 0.1) is 0 Å². The van der Waals surface area contributed by atoms with Crippen LogP contribution in [0.2, 0.25) is 0 Å². The largest absolute Gasteiger partial charge is 0.385 e. The van der Waals surface area contributed by atoms with Gasteiger partial charge in [0.05, 0.1) is 0 Å². The number of hydrogen-bond donors (Lipinski definition) is 2. The zero-order valence-corrected chi connectivity index (χ0v) is 9.83. The first-order chi connectivity index (χ1) is 8.58. The Kier molecular flexibility index (Phi) is 3.91. The topological polar surface area (TPSA) is 49.3 Å². The molecule has 1 aromatic rings. The molecular weight excluding hydrogens is 240 g/mol. The molecule has 0 saturated heterocycles. The summed E-state index contributed by atoms with van der Waals surface area (Å²) in [6.07, 6.45) is -1.59. The fraction of sp³-hybridized carbons (Fsp3) is 0.462. The number of alkyl halides is 2. The van der Waals surface area contributed by atoms with Gasteiger partial charge in [-0.2, -0.15) is 0 Å². The van der Waals surface area contributed by atoms with Crippen molar-refractivity contribution in [2.75, 3.05) is 6.54 Å². The third kappa shape index (κ3) is 2.85. The number of rotatable bonds is 4. The molecule has 98 valence electrons. The lowest BCUT2D eigenvalue weighted by Crippen LogP contribution is -2.35. The smallest absolute Gasteiger partial charge is 0.265 e. The fourth-order valence-corrected chi connectivity index (χ4v) is 2.10. The van der Waals surface area contributed by atoms with Crippen molar-refractivity contribution in [3.8, 4) is 0 Å². The van der Waals surface area contributed by atoms with E-state index in [1.807, 2.05) is 6.07 Å². The van der Waals surface area contributed by atoms with Crippen molar-refractivity contribution in [2.24, 2.45) is 0 Å². The normalized spacial score (nSPS) is 15.6. The monoisotopic (exact) mass is 255 g/mol. The molecule has 0 aromatic heterocycles. The van der Waals surface area contributed by atoms with Crippen LogP contribution >= 0.6 is 0 Å². The van der Waals surface area contributed by atoms with Crippen LogP contribution in [0.25, 0.3) is 0 Å². The summed E-state index contributed by atoms with van der Waals surface area (Å²) in [5.74, 6) is -0.426. The molecule has 0 fully saturated rings. The van der Waals surface area contributed by atoms with Gasteiger partial charge in [-0.05, 0) is 42.5 Å². The molecule has 1 aliphatic carbocycles. The predicted molar refractivity (Wildman–Crippen MR) is 62.8 cm³/mol. The summed E-state index contributed by atoms with van der Waals surface area (Å²) in [7, 11) is 0. The van der Waals surface area contributed by atoms with Crippen LogP contribution in [0.1, 0.15) is 27.9 Å². The van der Waals surface area contributed by atoms with E-state index < -0.39 is 25.0 Å². The number of aliphatic hydroxyl groups excluding tert-OH is 1. The van der Waals surface area contributed by atoms with Crippen LogP contribution in [-0.4, -0.2) is 30.1 Å². The first kappa shape index (κ1) is 13.0. The van der Waals surface area contributed by atoms with E-state index in [2.05, 4.69) is 5.32 Å². The van der Waals surface area contributed by atoms with Gasteiger partial charge < -0.3 is 10.4 Å². The number of amides is 1. The molecule has 0 heterocycles. The van der Waals surface area contributed by atoms with E-state index in [1.54, 1.807) is 12.1 Å². The number of nitrogens with one attached hydrogen (secondary N) is 1. The Morgan fingerprint density at radius 2 is 2.06 bits per heavy atom. The van der Waals surface area contributed by atoms with E-state index in [0.29, 0.717) is 5.56 Å². The van der Waals surface area contributed by atoms with Crippen LogP contribution in [0.4, 0.5) is 8.78 Å². The lowest BCUT2D eigenvalue weighted by atomic mass is 10.1. The molecule has 0 saturated carbocycles. The molecule has 0 aliphatic heterocycles. The van der Waals surface area contributed by atoms with Gasteiger partial charge in [-0.15, -0.1) is 0 Å². The molecule has 3 nitrogen and oxygen atoms in total. The van der Waals surface area contributed by atoms with Gasteiger partial charge in [0.15, 0.2) is 0 Å². The molecule has 0 bridgehead atoms. The third-order valence-electron chi connectivity index (χ3n) is 3.12. The molecule has 1 atom stereocenters. The Balaban J connectivity index is 1.97. The summed E-state index contributed by atoms with van der Waals surface area (Å²) in [6.45, 7) is -0.437. The first-order valence-electron chi connectivity index (χ1n) is 5.94. The molecule has 1 amide bonds. The second-order valence-electron chi connectivity index (χ2n) is 4.45. The number of aryl methyl sites for hydroxylation is 2. The second kappa shape index (κ2) is 5.44. The Hall–Kier alpha value is -1.49. The molecule has 1 aromatic carbocycles. The number of aliphatic hydroxyl groups is 1. The van der Waals surface area contributed by atoms with Crippen molar-refractivity contribution in [1.82, 2.24) is 5.32 Å². The standard InChI is InChI=1S/C13H15F2NO2/c14-12(15)11(17)7-16-13(18)10-5-4-8-2-1-3-9(8)6-10/h4-6,11-12,17H,1-3,7H2,(H,16,18). The maximum Gasteiger partial charge on any atom is 0.265 e. The van der Waals surface area contributed by atoms with Crippen molar-refractivity contribution < 1.29 is 18.7 Å². The first-order valence-corrected chi connectivity index (χ1v) is 5.94. The predicted octanol–water partition coefficient (Wildman–Crippen LogP) is 1.53. The summed E-state index contributed by atoms with van der Waals surface area (Å²) < 4.78 is 24.1. The SMILES string of the molecule is O=C(NCC(O)C(F)F)c1ccc2c(c1)CCC2. The minimum Gasteiger partial charge on any atom is -0.385 e. The van der Waals surface area contributed by atoms with Crippen LogP contribution in [0.3, 0.4) is 0 Å². The number of fused-ring (bicyclic) bond motifs is 1. The number of carbonyl (C=O) groups excluding carboxylic acids is 1. The number of benzene rings is 1. The highest BCUT2D eigenvalue weighted by atomic mass is 19.3. The lowest BCUT2D eigenvalue weighted by Gasteiger charge is -2.11. The van der Waals surface area contributed by atoms with Gasteiger partial charge in [-0.1, -0.05) is 6.07 Å². The van der Waals surface area contributed by atoms with E-state index in [0.717, 1.165) is 24.8 Å². The minimum atomic E-state index is -2.84. The van der Waals surface area contributed by atoms with E-state index >= 15 is 0 Å². The fourth-order valence-electron chi connectivity index (χ4n) is 2.10. The Labute approximate surface area is 104 Å². The Morgan fingerprint density at radius 1 is 1.33 bits per heavy atom. The molecule has 2 rings (SSSR count). The van der Waals surface area contributed by atoms with Gasteiger partial charge >= 0.3 is 0 Å². The summed E-state index contributed by atoms with van der Waals surface area (Å²) in [4.78, 5) is 11.7. The molecule has 18 heavy (non-hydrogen) atoms. The Morgan fingerprint density at radius 3 is 2.78 bits per heavy atom. The third-order valence-corrected chi connectivity index (χ3v) is 3.12. The van der Waals surface area contributed by atoms with Crippen molar-refractivity contribution >= 4 is 5.91 Å². The van der Waals surface area contributed by atoms with Crippen LogP contribution in [-0.2, 0) is 12.8 Å². The molecule has 0 radical (unpaired) electrons. The lowest BCUT2D eigenvalue weighted by molar-refractivity contribution is -0.00270. The van der Waals surface area contributed by atoms with E-state index in [9.17, 15) is 13.6 Å². The number of hydrogen-bond acceptors (Lipinski definition) is 2. The quantitative estimate of drug-likeness (QED) is 0.857. The zero-order valence-electron chi connectivity index (χ0n) is 9.83. The molecular formula is C13H15F2NO2. The highest BCUT2D eigenvalue weighted by Gasteiger charge is 2.18. The van der Waals surface area contributed by atoms with Crippen molar-refractivity contribution in [1.29, 1.82) is 0 Å². The van der Waals surface area contributed by atoms with E-state index in [1.165, 1.54) is 5.56 Å². The number of carbonyl (C=O) groups is 1. The average Bonchev–Trinajstić information content (AvgIpc) is 2.82. The Bertz CT molecular complexity index is 449. The zero-order chi connectivity index (χ0) is 13.1. The van der Waals surface area contributed by atoms with Crippen LogP contribution < -0.4 is 5.32 Å². The molecule has 2 N–H and O–H groups in total. The summed E-state index contributed by atoms with van der Waals surface area (Å²) in [6, 6.07) is 5.39. The molecule has 5 heteroatoms. The van der Waals surface area contributed by atoms with E-state index in [-0.39, 0.29) is 0 Å². The van der Waals surface area contributed by atoms with Gasteiger partial charge in [0.25, 0.3) is 12.3 Å². The van der Waals surface area contributed by atoms with Crippen molar-refractivity contribution in [2.45, 2.75) is 31.8 Å². The molecule has 1 unspecified atom stereocenters. The minimum absolute atomic E-state index is 0.426. The highest BCUT2D eigenvalue weighted by molar-refractivity contribution is 5.94. The second-order valence-corrected chi connectivity index (χ2v) is 4.45. The number of halogens is 2. The van der Waals surface area contributed by atoms with Gasteiger partial charge in [0, 0.05) is 12.1 Å².